The summed E-state index contributed by atoms with van der Waals surface area (Å²) in [5.74, 6) is -0.290. The van der Waals surface area contributed by atoms with E-state index in [-0.39, 0.29) is 42.1 Å². The van der Waals surface area contributed by atoms with Crippen LogP contribution in [0, 0.1) is 0 Å². The number of aromatic nitrogens is 2. The molecule has 0 unspecified atom stereocenters. The fourth-order valence-corrected chi connectivity index (χ4v) is 3.49. The highest BCUT2D eigenvalue weighted by Gasteiger charge is 2.35. The summed E-state index contributed by atoms with van der Waals surface area (Å²) in [6, 6.07) is 2.73. The van der Waals surface area contributed by atoms with Crippen molar-refractivity contribution in [2.75, 3.05) is 5.32 Å². The zero-order valence-corrected chi connectivity index (χ0v) is 16.8. The average Bonchev–Trinajstić information content (AvgIpc) is 2.60. The molecule has 1 aliphatic heterocycles. The van der Waals surface area contributed by atoms with Crippen LogP contribution in [0.2, 0.25) is 5.02 Å². The summed E-state index contributed by atoms with van der Waals surface area (Å²) in [6.45, 7) is 5.53. The Morgan fingerprint density at radius 1 is 1.38 bits per heavy atom. The van der Waals surface area contributed by atoms with E-state index in [9.17, 15) is 22.8 Å². The van der Waals surface area contributed by atoms with Gasteiger partial charge in [0.15, 0.2) is 0 Å². The lowest BCUT2D eigenvalue weighted by Gasteiger charge is -2.34. The predicted octanol–water partition coefficient (Wildman–Crippen LogP) is 3.85. The number of fused-ring (bicyclic) bond motifs is 1. The van der Waals surface area contributed by atoms with Crippen LogP contribution in [0.25, 0.3) is 0 Å². The molecule has 0 bridgehead atoms. The summed E-state index contributed by atoms with van der Waals surface area (Å²) in [5.41, 5.74) is -0.574. The van der Waals surface area contributed by atoms with Crippen LogP contribution in [0.3, 0.4) is 0 Å². The molecule has 3 rings (SSSR count). The van der Waals surface area contributed by atoms with Crippen molar-refractivity contribution in [2.24, 2.45) is 0 Å². The Hall–Kier alpha value is -2.55. The predicted molar refractivity (Wildman–Crippen MR) is 103 cm³/mol. The van der Waals surface area contributed by atoms with Crippen molar-refractivity contribution in [3.63, 3.8) is 0 Å². The quantitative estimate of drug-likeness (QED) is 0.778. The van der Waals surface area contributed by atoms with Gasteiger partial charge in [0.25, 0.3) is 11.5 Å². The molecule has 2 N–H and O–H groups in total. The fourth-order valence-electron chi connectivity index (χ4n) is 3.26. The van der Waals surface area contributed by atoms with Crippen molar-refractivity contribution in [3.05, 3.63) is 56.0 Å². The zero-order valence-electron chi connectivity index (χ0n) is 16.0. The maximum Gasteiger partial charge on any atom is 0.417 e. The lowest BCUT2D eigenvalue weighted by atomic mass is 9.98. The maximum absolute atomic E-state index is 13.1. The van der Waals surface area contributed by atoms with Crippen LogP contribution in [0.15, 0.2) is 23.0 Å². The van der Waals surface area contributed by atoms with Gasteiger partial charge < -0.3 is 10.2 Å². The van der Waals surface area contributed by atoms with Crippen LogP contribution >= 0.6 is 11.6 Å². The first kappa shape index (κ1) is 21.2. The normalized spacial score (nSPS) is 16.7. The first-order valence-corrected chi connectivity index (χ1v) is 9.41. The summed E-state index contributed by atoms with van der Waals surface area (Å²) in [4.78, 5) is 33.8. The Balaban J connectivity index is 1.94. The molecular weight excluding hydrogens is 409 g/mol. The number of halogens is 4. The van der Waals surface area contributed by atoms with Gasteiger partial charge in [-0.2, -0.15) is 13.2 Å². The average molecular weight is 429 g/mol. The van der Waals surface area contributed by atoms with Gasteiger partial charge in [0.05, 0.1) is 22.8 Å². The fraction of sp³-hybridized carbons (Fsp3) is 0.421. The van der Waals surface area contributed by atoms with E-state index in [1.54, 1.807) is 6.92 Å². The molecule has 0 saturated heterocycles. The van der Waals surface area contributed by atoms with E-state index in [0.717, 1.165) is 12.1 Å². The molecule has 0 fully saturated rings. The molecule has 1 aliphatic rings. The molecule has 2 aromatic rings. The van der Waals surface area contributed by atoms with Crippen LogP contribution < -0.4 is 10.9 Å². The number of nitrogens with one attached hydrogen (secondary N) is 2. The Morgan fingerprint density at radius 2 is 2.07 bits per heavy atom. The molecule has 0 spiro atoms. The van der Waals surface area contributed by atoms with Crippen LogP contribution in [0.4, 0.5) is 19.1 Å². The molecule has 6 nitrogen and oxygen atoms in total. The van der Waals surface area contributed by atoms with Gasteiger partial charge in [0, 0.05) is 23.2 Å². The highest BCUT2D eigenvalue weighted by Crippen LogP contribution is 2.35. The smallest absolute Gasteiger partial charge is 0.354 e. The number of carbonyl (C=O) groups excluding carboxylic acids is 1. The zero-order chi connectivity index (χ0) is 21.5. The summed E-state index contributed by atoms with van der Waals surface area (Å²) in [7, 11) is 0. The molecular formula is C19H20ClF3N4O2. The standard InChI is InChI=1S/C19H20ClF3N4O2/c1-9(2)24-18-25-15-8-27(10(3)6-12(15)16(28)26-18)17(29)11-4-5-14(20)13(7-11)19(21,22)23/h4-5,7,9-10H,6,8H2,1-3H3,(H2,24,25,26,28)/t10-/m1/s1. The number of H-pyrrole nitrogens is 1. The van der Waals surface area contributed by atoms with Gasteiger partial charge in [-0.15, -0.1) is 0 Å². The van der Waals surface area contributed by atoms with E-state index in [1.807, 2.05) is 13.8 Å². The first-order valence-electron chi connectivity index (χ1n) is 9.03. The van der Waals surface area contributed by atoms with E-state index in [4.69, 9.17) is 11.6 Å². The van der Waals surface area contributed by atoms with Crippen molar-refractivity contribution in [2.45, 2.75) is 52.0 Å². The van der Waals surface area contributed by atoms with Crippen LogP contribution in [0.1, 0.15) is 48.0 Å². The van der Waals surface area contributed by atoms with Gasteiger partial charge in [-0.05, 0) is 45.4 Å². The van der Waals surface area contributed by atoms with Gasteiger partial charge in [0.1, 0.15) is 0 Å². The number of hydrogen-bond acceptors (Lipinski definition) is 4. The number of rotatable bonds is 3. The minimum Gasteiger partial charge on any atom is -0.354 e. The third-order valence-electron chi connectivity index (χ3n) is 4.66. The van der Waals surface area contributed by atoms with E-state index >= 15 is 0 Å². The summed E-state index contributed by atoms with van der Waals surface area (Å²) in [5, 5.41) is 2.53. The molecule has 10 heteroatoms. The Morgan fingerprint density at radius 3 is 2.69 bits per heavy atom. The molecule has 156 valence electrons. The van der Waals surface area contributed by atoms with Gasteiger partial charge in [-0.3, -0.25) is 14.6 Å². The SMILES string of the molecule is CC(C)Nc1nc2c(c(=O)[nH]1)C[C@@H](C)N(C(=O)c1ccc(Cl)c(C(F)(F)F)c1)C2. The molecule has 0 aliphatic carbocycles. The Bertz CT molecular complexity index is 1000. The highest BCUT2D eigenvalue weighted by atomic mass is 35.5. The number of aromatic amines is 1. The molecule has 0 saturated carbocycles. The molecule has 29 heavy (non-hydrogen) atoms. The van der Waals surface area contributed by atoms with Crippen LogP contribution in [0.5, 0.6) is 0 Å². The molecule has 1 amide bonds. The van der Waals surface area contributed by atoms with Crippen molar-refractivity contribution in [3.8, 4) is 0 Å². The van der Waals surface area contributed by atoms with Crippen molar-refractivity contribution < 1.29 is 18.0 Å². The number of benzene rings is 1. The Kier molecular flexibility index (Phi) is 5.62. The third-order valence-corrected chi connectivity index (χ3v) is 4.99. The van der Waals surface area contributed by atoms with Crippen LogP contribution in [-0.2, 0) is 19.1 Å². The second kappa shape index (κ2) is 7.70. The van der Waals surface area contributed by atoms with Gasteiger partial charge in [-0.25, -0.2) is 4.98 Å². The first-order chi connectivity index (χ1) is 13.5. The maximum atomic E-state index is 13.1. The number of amides is 1. The summed E-state index contributed by atoms with van der Waals surface area (Å²) >= 11 is 5.64. The topological polar surface area (TPSA) is 78.1 Å². The molecule has 1 aromatic heterocycles. The number of carbonyl (C=O) groups is 1. The van der Waals surface area contributed by atoms with Crippen molar-refractivity contribution in [1.82, 2.24) is 14.9 Å². The second-order valence-corrected chi connectivity index (χ2v) is 7.72. The highest BCUT2D eigenvalue weighted by molar-refractivity contribution is 6.31. The summed E-state index contributed by atoms with van der Waals surface area (Å²) in [6.07, 6.45) is -4.41. The van der Waals surface area contributed by atoms with Gasteiger partial charge in [0.2, 0.25) is 5.95 Å². The lowest BCUT2D eigenvalue weighted by Crippen LogP contribution is -2.45. The van der Waals surface area contributed by atoms with E-state index < -0.39 is 22.7 Å². The van der Waals surface area contributed by atoms with Gasteiger partial charge >= 0.3 is 6.18 Å². The second-order valence-electron chi connectivity index (χ2n) is 7.32. The van der Waals surface area contributed by atoms with Crippen molar-refractivity contribution in [1.29, 1.82) is 0 Å². The van der Waals surface area contributed by atoms with E-state index in [2.05, 4.69) is 15.3 Å². The van der Waals surface area contributed by atoms with E-state index in [1.165, 1.54) is 11.0 Å². The van der Waals surface area contributed by atoms with Crippen LogP contribution in [-0.4, -0.2) is 32.9 Å². The largest absolute Gasteiger partial charge is 0.417 e. The number of nitrogens with zero attached hydrogens (tertiary/aromatic N) is 2. The Labute approximate surface area is 170 Å². The number of anilines is 1. The third kappa shape index (κ3) is 4.39. The number of alkyl halides is 3. The monoisotopic (exact) mass is 428 g/mol. The molecule has 0 radical (unpaired) electrons. The van der Waals surface area contributed by atoms with Crippen molar-refractivity contribution >= 4 is 23.5 Å². The minimum absolute atomic E-state index is 0.0238. The number of hydrogen-bond donors (Lipinski definition) is 2. The minimum atomic E-state index is -4.67. The summed E-state index contributed by atoms with van der Waals surface area (Å²) < 4.78 is 39.4. The molecule has 1 atom stereocenters. The van der Waals surface area contributed by atoms with E-state index in [0.29, 0.717) is 11.3 Å². The molecule has 1 aromatic carbocycles. The lowest BCUT2D eigenvalue weighted by molar-refractivity contribution is -0.137. The van der Waals surface area contributed by atoms with Gasteiger partial charge in [-0.1, -0.05) is 11.6 Å². The molecule has 2 heterocycles.